The van der Waals surface area contributed by atoms with Crippen molar-refractivity contribution < 1.29 is 9.53 Å². The van der Waals surface area contributed by atoms with Gasteiger partial charge in [-0.25, -0.2) is 0 Å². The van der Waals surface area contributed by atoms with Gasteiger partial charge in [0.15, 0.2) is 5.96 Å². The Kier molecular flexibility index (Phi) is 6.69. The van der Waals surface area contributed by atoms with Gasteiger partial charge in [-0.3, -0.25) is 9.79 Å². The molecule has 1 aliphatic carbocycles. The molecular formula is C22H29N3O2. The molecule has 0 unspecified atom stereocenters. The van der Waals surface area contributed by atoms with Crippen LogP contribution < -0.4 is 10.6 Å². The largest absolute Gasteiger partial charge is 0.466 e. The Morgan fingerprint density at radius 2 is 1.85 bits per heavy atom. The summed E-state index contributed by atoms with van der Waals surface area (Å²) in [4.78, 5) is 16.2. The molecule has 27 heavy (non-hydrogen) atoms. The number of nitrogens with zero attached hydrogens (tertiary/aromatic N) is 1. The van der Waals surface area contributed by atoms with E-state index in [1.807, 2.05) is 6.92 Å². The van der Waals surface area contributed by atoms with Gasteiger partial charge in [0.25, 0.3) is 0 Å². The predicted molar refractivity (Wildman–Crippen MR) is 110 cm³/mol. The fourth-order valence-electron chi connectivity index (χ4n) is 3.75. The summed E-state index contributed by atoms with van der Waals surface area (Å²) < 4.78 is 5.15. The number of nitrogens with one attached hydrogen (secondary N) is 2. The van der Waals surface area contributed by atoms with Crippen LogP contribution >= 0.6 is 0 Å². The van der Waals surface area contributed by atoms with Crippen LogP contribution in [0, 0.1) is 5.92 Å². The van der Waals surface area contributed by atoms with Gasteiger partial charge in [0.05, 0.1) is 12.5 Å². The molecule has 2 N–H and O–H groups in total. The van der Waals surface area contributed by atoms with Crippen LogP contribution in [0.3, 0.4) is 0 Å². The van der Waals surface area contributed by atoms with E-state index < -0.39 is 0 Å². The third kappa shape index (κ3) is 5.00. The summed E-state index contributed by atoms with van der Waals surface area (Å²) in [5.41, 5.74) is 1.25. The van der Waals surface area contributed by atoms with Crippen molar-refractivity contribution in [3.63, 3.8) is 0 Å². The second-order valence-electron chi connectivity index (χ2n) is 7.01. The standard InChI is InChI=1S/C22H29N3O2/c1-3-27-21(26)17-11-13-19(14-12-17)25-22(23-2)24-15-18-9-6-8-16-7-4-5-10-20(16)18/h4-10,17,19H,3,11-15H2,1-2H3,(H2,23,24,25). The molecule has 2 aromatic rings. The highest BCUT2D eigenvalue weighted by Gasteiger charge is 2.27. The zero-order valence-electron chi connectivity index (χ0n) is 16.2. The Bertz CT molecular complexity index is 790. The maximum absolute atomic E-state index is 11.9. The summed E-state index contributed by atoms with van der Waals surface area (Å²) in [5, 5.41) is 9.44. The molecule has 0 bridgehead atoms. The minimum absolute atomic E-state index is 0.0468. The first-order valence-corrected chi connectivity index (χ1v) is 9.81. The molecule has 2 aromatic carbocycles. The number of guanidine groups is 1. The second-order valence-corrected chi connectivity index (χ2v) is 7.01. The van der Waals surface area contributed by atoms with Crippen LogP contribution in [0.25, 0.3) is 10.8 Å². The van der Waals surface area contributed by atoms with Gasteiger partial charge in [-0.2, -0.15) is 0 Å². The third-order valence-corrected chi connectivity index (χ3v) is 5.24. The molecule has 0 amide bonds. The SMILES string of the molecule is CCOC(=O)C1CCC(NC(=NC)NCc2cccc3ccccc23)CC1. The highest BCUT2D eigenvalue weighted by atomic mass is 16.5. The van der Waals surface area contributed by atoms with E-state index >= 15 is 0 Å². The van der Waals surface area contributed by atoms with E-state index in [4.69, 9.17) is 4.74 Å². The van der Waals surface area contributed by atoms with Crippen molar-refractivity contribution >= 4 is 22.7 Å². The average molecular weight is 367 g/mol. The lowest BCUT2D eigenvalue weighted by Crippen LogP contribution is -2.45. The molecule has 5 heteroatoms. The maximum atomic E-state index is 11.9. The number of ether oxygens (including phenoxy) is 1. The number of aliphatic imine (C=N–C) groups is 1. The van der Waals surface area contributed by atoms with Gasteiger partial charge in [0.2, 0.25) is 0 Å². The Labute approximate surface area is 161 Å². The smallest absolute Gasteiger partial charge is 0.308 e. The molecule has 0 atom stereocenters. The third-order valence-electron chi connectivity index (χ3n) is 5.24. The number of carbonyl (C=O) groups is 1. The number of hydrogen-bond acceptors (Lipinski definition) is 3. The quantitative estimate of drug-likeness (QED) is 0.481. The van der Waals surface area contributed by atoms with E-state index in [1.165, 1.54) is 16.3 Å². The van der Waals surface area contributed by atoms with Crippen LogP contribution in [-0.2, 0) is 16.1 Å². The van der Waals surface area contributed by atoms with E-state index in [1.54, 1.807) is 7.05 Å². The minimum Gasteiger partial charge on any atom is -0.466 e. The molecule has 3 rings (SSSR count). The van der Waals surface area contributed by atoms with Crippen molar-refractivity contribution in [3.05, 3.63) is 48.0 Å². The van der Waals surface area contributed by atoms with Crippen LogP contribution in [0.15, 0.2) is 47.5 Å². The molecular weight excluding hydrogens is 338 g/mol. The van der Waals surface area contributed by atoms with E-state index in [9.17, 15) is 4.79 Å². The Balaban J connectivity index is 1.52. The first-order chi connectivity index (χ1) is 13.2. The van der Waals surface area contributed by atoms with Gasteiger partial charge < -0.3 is 15.4 Å². The summed E-state index contributed by atoms with van der Waals surface area (Å²) in [7, 11) is 1.79. The van der Waals surface area contributed by atoms with Crippen LogP contribution in [0.2, 0.25) is 0 Å². The lowest BCUT2D eigenvalue weighted by molar-refractivity contribution is -0.149. The van der Waals surface area contributed by atoms with Crippen LogP contribution in [0.4, 0.5) is 0 Å². The normalized spacial score (nSPS) is 20.3. The Morgan fingerprint density at radius 3 is 2.59 bits per heavy atom. The van der Waals surface area contributed by atoms with Gasteiger partial charge in [-0.05, 0) is 48.9 Å². The summed E-state index contributed by atoms with van der Waals surface area (Å²) in [5.74, 6) is 0.811. The Hall–Kier alpha value is -2.56. The molecule has 144 valence electrons. The zero-order valence-corrected chi connectivity index (χ0v) is 16.2. The Morgan fingerprint density at radius 1 is 1.11 bits per heavy atom. The second kappa shape index (κ2) is 9.40. The number of fused-ring (bicyclic) bond motifs is 1. The first-order valence-electron chi connectivity index (χ1n) is 9.81. The number of rotatable bonds is 5. The lowest BCUT2D eigenvalue weighted by atomic mass is 9.86. The van der Waals surface area contributed by atoms with Crippen LogP contribution in [0.1, 0.15) is 38.2 Å². The molecule has 0 heterocycles. The van der Waals surface area contributed by atoms with E-state index in [2.05, 4.69) is 58.1 Å². The van der Waals surface area contributed by atoms with Crippen LogP contribution in [0.5, 0.6) is 0 Å². The van der Waals surface area contributed by atoms with Gasteiger partial charge in [0.1, 0.15) is 0 Å². The molecule has 1 saturated carbocycles. The highest BCUT2D eigenvalue weighted by molar-refractivity contribution is 5.86. The summed E-state index contributed by atoms with van der Waals surface area (Å²) in [6.45, 7) is 3.04. The first kappa shape index (κ1) is 19.2. The highest BCUT2D eigenvalue weighted by Crippen LogP contribution is 2.25. The van der Waals surface area contributed by atoms with Crippen molar-refractivity contribution in [2.45, 2.75) is 45.2 Å². The zero-order chi connectivity index (χ0) is 19.1. The summed E-state index contributed by atoms with van der Waals surface area (Å²) in [6.07, 6.45) is 3.66. The van der Waals surface area contributed by atoms with Gasteiger partial charge in [0, 0.05) is 19.6 Å². The maximum Gasteiger partial charge on any atom is 0.308 e. The van der Waals surface area contributed by atoms with Gasteiger partial charge in [-0.1, -0.05) is 42.5 Å². The predicted octanol–water partition coefficient (Wildman–Crippen LogP) is 3.63. The van der Waals surface area contributed by atoms with Crippen molar-refractivity contribution in [1.82, 2.24) is 10.6 Å². The molecule has 5 nitrogen and oxygen atoms in total. The van der Waals surface area contributed by atoms with Crippen molar-refractivity contribution in [2.75, 3.05) is 13.7 Å². The minimum atomic E-state index is -0.0468. The molecule has 0 radical (unpaired) electrons. The molecule has 1 aliphatic rings. The summed E-state index contributed by atoms with van der Waals surface area (Å²) in [6, 6.07) is 15.1. The van der Waals surface area contributed by atoms with E-state index in [0.717, 1.165) is 38.2 Å². The number of hydrogen-bond donors (Lipinski definition) is 2. The molecule has 0 aromatic heterocycles. The van der Waals surface area contributed by atoms with Crippen molar-refractivity contribution in [2.24, 2.45) is 10.9 Å². The fourth-order valence-corrected chi connectivity index (χ4v) is 3.75. The fraction of sp³-hybridized carbons (Fsp3) is 0.455. The van der Waals surface area contributed by atoms with E-state index in [-0.39, 0.29) is 11.9 Å². The number of carbonyl (C=O) groups excluding carboxylic acids is 1. The van der Waals surface area contributed by atoms with E-state index in [0.29, 0.717) is 12.6 Å². The summed E-state index contributed by atoms with van der Waals surface area (Å²) >= 11 is 0. The topological polar surface area (TPSA) is 62.7 Å². The lowest BCUT2D eigenvalue weighted by Gasteiger charge is -2.29. The monoisotopic (exact) mass is 367 g/mol. The van der Waals surface area contributed by atoms with Crippen LogP contribution in [-0.4, -0.2) is 31.6 Å². The number of benzene rings is 2. The van der Waals surface area contributed by atoms with Crippen molar-refractivity contribution in [1.29, 1.82) is 0 Å². The number of esters is 1. The molecule has 0 saturated heterocycles. The van der Waals surface area contributed by atoms with Gasteiger partial charge >= 0.3 is 5.97 Å². The van der Waals surface area contributed by atoms with Gasteiger partial charge in [-0.15, -0.1) is 0 Å². The molecule has 0 spiro atoms. The molecule has 1 fully saturated rings. The van der Waals surface area contributed by atoms with Crippen molar-refractivity contribution in [3.8, 4) is 0 Å². The average Bonchev–Trinajstić information content (AvgIpc) is 2.71. The molecule has 0 aliphatic heterocycles.